The number of aromatic amines is 1. The van der Waals surface area contributed by atoms with Crippen molar-refractivity contribution in [3.63, 3.8) is 0 Å². The van der Waals surface area contributed by atoms with E-state index in [-0.39, 0.29) is 0 Å². The van der Waals surface area contributed by atoms with Gasteiger partial charge in [0.15, 0.2) is 0 Å². The van der Waals surface area contributed by atoms with E-state index in [2.05, 4.69) is 77.2 Å². The Morgan fingerprint density at radius 3 is 2.79 bits per heavy atom. The van der Waals surface area contributed by atoms with Crippen LogP contribution in [0.2, 0.25) is 0 Å². The quantitative estimate of drug-likeness (QED) is 0.258. The zero-order chi connectivity index (χ0) is 23.2. The van der Waals surface area contributed by atoms with Gasteiger partial charge < -0.3 is 10.6 Å². The number of amidine groups is 1. The Morgan fingerprint density at radius 1 is 1.12 bits per heavy atom. The zero-order valence-corrected chi connectivity index (χ0v) is 18.8. The van der Waals surface area contributed by atoms with E-state index in [1.165, 1.54) is 0 Å². The third-order valence-corrected chi connectivity index (χ3v) is 5.01. The van der Waals surface area contributed by atoms with E-state index in [0.717, 1.165) is 44.4 Å². The summed E-state index contributed by atoms with van der Waals surface area (Å²) in [6.45, 7) is 12.3. The molecule has 0 spiro atoms. The molecule has 3 N–H and O–H groups in total. The first-order valence-corrected chi connectivity index (χ1v) is 10.7. The molecule has 0 radical (unpaired) electrons. The van der Waals surface area contributed by atoms with E-state index in [1.54, 1.807) is 18.5 Å². The van der Waals surface area contributed by atoms with E-state index >= 15 is 0 Å². The second-order valence-corrected chi connectivity index (χ2v) is 8.00. The van der Waals surface area contributed by atoms with Crippen molar-refractivity contribution in [2.24, 2.45) is 9.98 Å². The van der Waals surface area contributed by atoms with Crippen LogP contribution in [0, 0.1) is 0 Å². The SMILES string of the molecule is C=N/C=C\C(=N/Cc1ccc2ccc(C(=C)NC(C)C)nc2c1)Nc1ccc2[nH]ncc2c1. The average Bonchev–Trinajstić information content (AvgIpc) is 3.27. The van der Waals surface area contributed by atoms with Crippen LogP contribution in [0.4, 0.5) is 5.69 Å². The predicted octanol–water partition coefficient (Wildman–Crippen LogP) is 5.30. The Hall–Kier alpha value is -4.26. The lowest BCUT2D eigenvalue weighted by Crippen LogP contribution is -2.20. The molecule has 0 atom stereocenters. The summed E-state index contributed by atoms with van der Waals surface area (Å²) in [5.41, 5.74) is 5.52. The highest BCUT2D eigenvalue weighted by atomic mass is 15.1. The van der Waals surface area contributed by atoms with Crippen LogP contribution in [-0.2, 0) is 6.54 Å². The lowest BCUT2D eigenvalue weighted by molar-refractivity contribution is 0.716. The zero-order valence-electron chi connectivity index (χ0n) is 18.8. The minimum Gasteiger partial charge on any atom is -0.382 e. The van der Waals surface area contributed by atoms with Crippen LogP contribution >= 0.6 is 0 Å². The lowest BCUT2D eigenvalue weighted by atomic mass is 10.1. The molecule has 0 bridgehead atoms. The minimum atomic E-state index is 0.300. The van der Waals surface area contributed by atoms with Crippen molar-refractivity contribution >= 4 is 45.7 Å². The molecule has 0 fully saturated rings. The average molecular weight is 438 g/mol. The van der Waals surface area contributed by atoms with Gasteiger partial charge in [-0.25, -0.2) is 4.98 Å². The number of nitrogens with one attached hydrogen (secondary N) is 3. The molecule has 33 heavy (non-hydrogen) atoms. The number of nitrogens with zero attached hydrogens (tertiary/aromatic N) is 4. The molecule has 7 heteroatoms. The van der Waals surface area contributed by atoms with Gasteiger partial charge >= 0.3 is 0 Å². The number of benzene rings is 2. The number of fused-ring (bicyclic) bond motifs is 2. The molecule has 4 rings (SSSR count). The van der Waals surface area contributed by atoms with Gasteiger partial charge in [-0.2, -0.15) is 5.10 Å². The molecular formula is C26H27N7. The largest absolute Gasteiger partial charge is 0.382 e. The van der Waals surface area contributed by atoms with Crippen LogP contribution in [0.1, 0.15) is 25.1 Å². The highest BCUT2D eigenvalue weighted by Gasteiger charge is 2.06. The van der Waals surface area contributed by atoms with E-state index in [1.807, 2.05) is 24.3 Å². The van der Waals surface area contributed by atoms with E-state index < -0.39 is 0 Å². The second kappa shape index (κ2) is 9.91. The van der Waals surface area contributed by atoms with E-state index in [4.69, 9.17) is 9.98 Å². The molecule has 0 aliphatic heterocycles. The van der Waals surface area contributed by atoms with Crippen molar-refractivity contribution < 1.29 is 0 Å². The van der Waals surface area contributed by atoms with Crippen molar-refractivity contribution in [3.05, 3.63) is 84.8 Å². The Bertz CT molecular complexity index is 1360. The normalized spacial score (nSPS) is 12.0. The predicted molar refractivity (Wildman–Crippen MR) is 139 cm³/mol. The highest BCUT2D eigenvalue weighted by Crippen LogP contribution is 2.19. The number of aromatic nitrogens is 3. The summed E-state index contributed by atoms with van der Waals surface area (Å²) in [5, 5.41) is 15.8. The minimum absolute atomic E-state index is 0.300. The first-order valence-electron chi connectivity index (χ1n) is 10.7. The lowest BCUT2D eigenvalue weighted by Gasteiger charge is -2.13. The van der Waals surface area contributed by atoms with Crippen LogP contribution < -0.4 is 10.6 Å². The van der Waals surface area contributed by atoms with Crippen LogP contribution in [-0.4, -0.2) is 33.8 Å². The molecule has 0 aliphatic carbocycles. The van der Waals surface area contributed by atoms with Crippen LogP contribution in [0.3, 0.4) is 0 Å². The standard InChI is InChI=1S/C26H27N7/c1-17(2)30-18(3)23-9-7-20-6-5-19(13-25(20)32-23)15-28-26(11-12-27-4)31-22-8-10-24-21(14-22)16-29-33-24/h5-14,16-17,30H,3-4,15H2,1-2H3,(H,28,31)(H,29,33)/b12-11-. The van der Waals surface area contributed by atoms with Gasteiger partial charge in [0.25, 0.3) is 0 Å². The first kappa shape index (κ1) is 22.0. The summed E-state index contributed by atoms with van der Waals surface area (Å²) in [4.78, 5) is 13.3. The Balaban J connectivity index is 1.56. The van der Waals surface area contributed by atoms with Gasteiger partial charge in [0.2, 0.25) is 0 Å². The van der Waals surface area contributed by atoms with Gasteiger partial charge in [0, 0.05) is 28.7 Å². The smallest absolute Gasteiger partial charge is 0.127 e. The molecule has 2 aromatic carbocycles. The maximum Gasteiger partial charge on any atom is 0.127 e. The van der Waals surface area contributed by atoms with Gasteiger partial charge in [0.1, 0.15) is 5.84 Å². The molecular weight excluding hydrogens is 410 g/mol. The fourth-order valence-electron chi connectivity index (χ4n) is 3.45. The Morgan fingerprint density at radius 2 is 1.97 bits per heavy atom. The molecule has 166 valence electrons. The number of aliphatic imine (C=N–C) groups is 2. The Kier molecular flexibility index (Phi) is 6.59. The van der Waals surface area contributed by atoms with Crippen LogP contribution in [0.5, 0.6) is 0 Å². The number of rotatable bonds is 8. The molecule has 2 heterocycles. The van der Waals surface area contributed by atoms with Crippen molar-refractivity contribution in [2.75, 3.05) is 5.32 Å². The molecule has 0 saturated carbocycles. The third kappa shape index (κ3) is 5.51. The van der Waals surface area contributed by atoms with Crippen LogP contribution in [0.25, 0.3) is 27.5 Å². The van der Waals surface area contributed by atoms with Gasteiger partial charge in [-0.3, -0.25) is 15.1 Å². The van der Waals surface area contributed by atoms with E-state index in [9.17, 15) is 0 Å². The maximum absolute atomic E-state index is 4.78. The molecule has 4 aromatic rings. The van der Waals surface area contributed by atoms with Crippen LogP contribution in [0.15, 0.2) is 83.6 Å². The number of pyridine rings is 1. The molecule has 0 amide bonds. The molecule has 0 aliphatic rings. The molecule has 2 aromatic heterocycles. The van der Waals surface area contributed by atoms with E-state index in [0.29, 0.717) is 18.4 Å². The van der Waals surface area contributed by atoms with Gasteiger partial charge in [-0.1, -0.05) is 24.8 Å². The monoisotopic (exact) mass is 437 g/mol. The van der Waals surface area contributed by atoms with Crippen molar-refractivity contribution in [2.45, 2.75) is 26.4 Å². The van der Waals surface area contributed by atoms with Gasteiger partial charge in [-0.05, 0) is 62.5 Å². The van der Waals surface area contributed by atoms with Gasteiger partial charge in [-0.15, -0.1) is 0 Å². The van der Waals surface area contributed by atoms with Crippen molar-refractivity contribution in [1.29, 1.82) is 0 Å². The fraction of sp³-hybridized carbons (Fsp3) is 0.154. The highest BCUT2D eigenvalue weighted by molar-refractivity contribution is 6.04. The topological polar surface area (TPSA) is 90.4 Å². The maximum atomic E-state index is 4.78. The summed E-state index contributed by atoms with van der Waals surface area (Å²) in [6.07, 6.45) is 5.20. The van der Waals surface area contributed by atoms with Crippen molar-refractivity contribution in [1.82, 2.24) is 20.5 Å². The second-order valence-electron chi connectivity index (χ2n) is 8.00. The number of hydrogen-bond donors (Lipinski definition) is 3. The molecule has 7 nitrogen and oxygen atoms in total. The summed E-state index contributed by atoms with van der Waals surface area (Å²) in [6, 6.07) is 16.5. The summed E-state index contributed by atoms with van der Waals surface area (Å²) < 4.78 is 0. The fourth-order valence-corrected chi connectivity index (χ4v) is 3.45. The summed E-state index contributed by atoms with van der Waals surface area (Å²) >= 11 is 0. The number of H-pyrrole nitrogens is 1. The Labute approximate surface area is 193 Å². The molecule has 0 unspecified atom stereocenters. The molecule has 0 saturated heterocycles. The first-order chi connectivity index (χ1) is 16.0. The van der Waals surface area contributed by atoms with Gasteiger partial charge in [0.05, 0.1) is 35.2 Å². The third-order valence-electron chi connectivity index (χ3n) is 5.01. The number of hydrogen-bond acceptors (Lipinski definition) is 5. The van der Waals surface area contributed by atoms with Crippen molar-refractivity contribution in [3.8, 4) is 0 Å². The number of anilines is 1. The summed E-state index contributed by atoms with van der Waals surface area (Å²) in [5.74, 6) is 0.682. The summed E-state index contributed by atoms with van der Waals surface area (Å²) in [7, 11) is 0.